The first-order chi connectivity index (χ1) is 13.2. The maximum Gasteiger partial charge on any atom is 0.221 e. The second-order valence-corrected chi connectivity index (χ2v) is 8.02. The van der Waals surface area contributed by atoms with E-state index >= 15 is 0 Å². The van der Waals surface area contributed by atoms with Crippen LogP contribution < -0.4 is 5.32 Å². The summed E-state index contributed by atoms with van der Waals surface area (Å²) in [6.07, 6.45) is 6.85. The molecular formula is C22H29N3O2. The van der Waals surface area contributed by atoms with Gasteiger partial charge in [0, 0.05) is 44.2 Å². The molecular weight excluding hydrogens is 338 g/mol. The van der Waals surface area contributed by atoms with Gasteiger partial charge in [-0.05, 0) is 55.9 Å². The zero-order valence-electron chi connectivity index (χ0n) is 16.1. The van der Waals surface area contributed by atoms with E-state index in [1.165, 1.54) is 39.0 Å². The van der Waals surface area contributed by atoms with Crippen molar-refractivity contribution >= 4 is 22.5 Å². The summed E-state index contributed by atoms with van der Waals surface area (Å²) in [4.78, 5) is 18.6. The van der Waals surface area contributed by atoms with Crippen LogP contribution in [-0.2, 0) is 16.1 Å². The zero-order chi connectivity index (χ0) is 18.6. The third kappa shape index (κ3) is 4.85. The predicted molar refractivity (Wildman–Crippen MR) is 108 cm³/mol. The number of ether oxygens (including phenoxy) is 1. The first-order valence-electron chi connectivity index (χ1n) is 10.2. The van der Waals surface area contributed by atoms with Crippen molar-refractivity contribution in [3.8, 4) is 0 Å². The molecule has 0 radical (unpaired) electrons. The van der Waals surface area contributed by atoms with E-state index in [0.717, 1.165) is 54.4 Å². The van der Waals surface area contributed by atoms with Crippen molar-refractivity contribution in [3.05, 3.63) is 36.0 Å². The number of nitrogens with one attached hydrogen (secondary N) is 1. The van der Waals surface area contributed by atoms with Crippen molar-refractivity contribution in [2.75, 3.05) is 25.0 Å². The molecule has 0 unspecified atom stereocenters. The van der Waals surface area contributed by atoms with Gasteiger partial charge in [0.1, 0.15) is 0 Å². The van der Waals surface area contributed by atoms with Gasteiger partial charge in [-0.15, -0.1) is 0 Å². The van der Waals surface area contributed by atoms with E-state index in [1.54, 1.807) is 0 Å². The number of benzene rings is 1. The average Bonchev–Trinajstić information content (AvgIpc) is 3.10. The number of carbonyl (C=O) groups excluding carboxylic acids is 1. The highest BCUT2D eigenvalue weighted by atomic mass is 16.5. The fraction of sp³-hybridized carbons (Fsp3) is 0.545. The third-order valence-corrected chi connectivity index (χ3v) is 5.68. The lowest BCUT2D eigenvalue weighted by molar-refractivity contribution is -0.114. The molecule has 144 valence electrons. The molecule has 1 atom stereocenters. The van der Waals surface area contributed by atoms with Crippen LogP contribution in [0.25, 0.3) is 10.9 Å². The molecule has 1 aliphatic heterocycles. The highest BCUT2D eigenvalue weighted by Gasteiger charge is 2.25. The minimum Gasteiger partial charge on any atom is -0.377 e. The quantitative estimate of drug-likeness (QED) is 0.804. The minimum atomic E-state index is -0.0558. The maximum atomic E-state index is 11.2. The Balaban J connectivity index is 1.47. The standard InChI is InChI=1S/C22H29N3O2/c1-16(26)23-19-9-10-22-18(12-19)7-8-20(24-22)14-25(13-17-4-2-5-17)15-21-6-3-11-27-21/h7-10,12,17,21H,2-6,11,13-15H2,1H3,(H,23,26)/t21-/m0/s1. The number of pyridine rings is 1. The molecule has 2 heterocycles. The molecule has 1 aromatic heterocycles. The number of amides is 1. The summed E-state index contributed by atoms with van der Waals surface area (Å²) in [5, 5.41) is 3.88. The van der Waals surface area contributed by atoms with Gasteiger partial charge in [0.15, 0.2) is 0 Å². The third-order valence-electron chi connectivity index (χ3n) is 5.68. The van der Waals surface area contributed by atoms with Crippen LogP contribution in [0.3, 0.4) is 0 Å². The lowest BCUT2D eigenvalue weighted by Crippen LogP contribution is -2.37. The fourth-order valence-corrected chi connectivity index (χ4v) is 4.09. The van der Waals surface area contributed by atoms with Gasteiger partial charge in [-0.2, -0.15) is 0 Å². The normalized spacial score (nSPS) is 20.1. The van der Waals surface area contributed by atoms with Gasteiger partial charge in [0.05, 0.1) is 17.3 Å². The van der Waals surface area contributed by atoms with Gasteiger partial charge in [-0.1, -0.05) is 12.5 Å². The van der Waals surface area contributed by atoms with Crippen LogP contribution in [-0.4, -0.2) is 41.6 Å². The molecule has 0 bridgehead atoms. The molecule has 1 aliphatic carbocycles. The van der Waals surface area contributed by atoms with E-state index in [-0.39, 0.29) is 5.91 Å². The van der Waals surface area contributed by atoms with Crippen molar-refractivity contribution in [1.82, 2.24) is 9.88 Å². The molecule has 1 saturated carbocycles. The molecule has 4 rings (SSSR count). The maximum absolute atomic E-state index is 11.2. The Kier molecular flexibility index (Phi) is 5.69. The van der Waals surface area contributed by atoms with Crippen molar-refractivity contribution in [2.45, 2.75) is 51.7 Å². The highest BCUT2D eigenvalue weighted by molar-refractivity contribution is 5.92. The molecule has 0 spiro atoms. The van der Waals surface area contributed by atoms with E-state index in [1.807, 2.05) is 18.2 Å². The monoisotopic (exact) mass is 367 g/mol. The van der Waals surface area contributed by atoms with Crippen molar-refractivity contribution < 1.29 is 9.53 Å². The Morgan fingerprint density at radius 1 is 1.19 bits per heavy atom. The SMILES string of the molecule is CC(=O)Nc1ccc2nc(CN(CC3CCC3)C[C@@H]3CCCO3)ccc2c1. The Bertz CT molecular complexity index is 797. The van der Waals surface area contributed by atoms with Gasteiger partial charge in [-0.25, -0.2) is 0 Å². The second-order valence-electron chi connectivity index (χ2n) is 8.02. The summed E-state index contributed by atoms with van der Waals surface area (Å²) in [6, 6.07) is 10.1. The van der Waals surface area contributed by atoms with Gasteiger partial charge >= 0.3 is 0 Å². The second kappa shape index (κ2) is 8.36. The Morgan fingerprint density at radius 3 is 2.78 bits per heavy atom. The number of aromatic nitrogens is 1. The van der Waals surface area contributed by atoms with Crippen LogP contribution >= 0.6 is 0 Å². The van der Waals surface area contributed by atoms with Gasteiger partial charge in [0.2, 0.25) is 5.91 Å². The number of rotatable bonds is 7. The van der Waals surface area contributed by atoms with Gasteiger partial charge in [-0.3, -0.25) is 14.7 Å². The molecule has 2 fully saturated rings. The predicted octanol–water partition coefficient (Wildman–Crippen LogP) is 3.97. The van der Waals surface area contributed by atoms with Crippen LogP contribution in [0.15, 0.2) is 30.3 Å². The average molecular weight is 367 g/mol. The van der Waals surface area contributed by atoms with Crippen molar-refractivity contribution in [3.63, 3.8) is 0 Å². The minimum absolute atomic E-state index is 0.0558. The molecule has 1 amide bonds. The number of fused-ring (bicyclic) bond motifs is 1. The van der Waals surface area contributed by atoms with Gasteiger partial charge in [0.25, 0.3) is 0 Å². The van der Waals surface area contributed by atoms with Crippen molar-refractivity contribution in [1.29, 1.82) is 0 Å². The van der Waals surface area contributed by atoms with Crippen LogP contribution in [0.5, 0.6) is 0 Å². The number of hydrogen-bond donors (Lipinski definition) is 1. The Morgan fingerprint density at radius 2 is 2.07 bits per heavy atom. The number of anilines is 1. The highest BCUT2D eigenvalue weighted by Crippen LogP contribution is 2.28. The summed E-state index contributed by atoms with van der Waals surface area (Å²) < 4.78 is 5.87. The van der Waals surface area contributed by atoms with Crippen LogP contribution in [0, 0.1) is 5.92 Å². The van der Waals surface area contributed by atoms with Crippen LogP contribution in [0.4, 0.5) is 5.69 Å². The van der Waals surface area contributed by atoms with E-state index in [4.69, 9.17) is 9.72 Å². The molecule has 27 heavy (non-hydrogen) atoms. The summed E-state index contributed by atoms with van der Waals surface area (Å²) in [5.74, 6) is 0.784. The smallest absolute Gasteiger partial charge is 0.221 e. The summed E-state index contributed by atoms with van der Waals surface area (Å²) in [7, 11) is 0. The molecule has 1 aromatic carbocycles. The number of carbonyl (C=O) groups is 1. The Hall–Kier alpha value is -1.98. The number of nitrogens with zero attached hydrogens (tertiary/aromatic N) is 2. The van der Waals surface area contributed by atoms with E-state index in [9.17, 15) is 4.79 Å². The molecule has 2 aliphatic rings. The molecule has 2 aromatic rings. The van der Waals surface area contributed by atoms with E-state index in [0.29, 0.717) is 6.10 Å². The Labute approximate surface area is 161 Å². The molecule has 5 heteroatoms. The largest absolute Gasteiger partial charge is 0.377 e. The summed E-state index contributed by atoms with van der Waals surface area (Å²) >= 11 is 0. The lowest BCUT2D eigenvalue weighted by atomic mass is 9.85. The first-order valence-corrected chi connectivity index (χ1v) is 10.2. The summed E-state index contributed by atoms with van der Waals surface area (Å²) in [5.41, 5.74) is 2.89. The molecule has 1 saturated heterocycles. The fourth-order valence-electron chi connectivity index (χ4n) is 4.09. The summed E-state index contributed by atoms with van der Waals surface area (Å²) in [6.45, 7) is 5.47. The molecule has 1 N–H and O–H groups in total. The number of hydrogen-bond acceptors (Lipinski definition) is 4. The van der Waals surface area contributed by atoms with Crippen molar-refractivity contribution in [2.24, 2.45) is 5.92 Å². The van der Waals surface area contributed by atoms with Crippen LogP contribution in [0.2, 0.25) is 0 Å². The molecule has 5 nitrogen and oxygen atoms in total. The lowest BCUT2D eigenvalue weighted by Gasteiger charge is -2.33. The first kappa shape index (κ1) is 18.4. The van der Waals surface area contributed by atoms with Crippen LogP contribution in [0.1, 0.15) is 44.7 Å². The van der Waals surface area contributed by atoms with E-state index in [2.05, 4.69) is 22.3 Å². The zero-order valence-corrected chi connectivity index (χ0v) is 16.1. The topological polar surface area (TPSA) is 54.5 Å². The van der Waals surface area contributed by atoms with E-state index < -0.39 is 0 Å². The van der Waals surface area contributed by atoms with Gasteiger partial charge < -0.3 is 10.1 Å².